The molecule has 0 heterocycles. The van der Waals surface area contributed by atoms with E-state index in [1.807, 2.05) is 0 Å². The summed E-state index contributed by atoms with van der Waals surface area (Å²) in [5, 5.41) is 0. The molecule has 1 rings (SSSR count). The van der Waals surface area contributed by atoms with E-state index in [2.05, 4.69) is 13.8 Å². The summed E-state index contributed by atoms with van der Waals surface area (Å²) in [5.74, 6) is 1.03. The van der Waals surface area contributed by atoms with E-state index in [-0.39, 0.29) is 17.3 Å². The van der Waals surface area contributed by atoms with Gasteiger partial charge in [0.2, 0.25) is 0 Å². The Kier molecular flexibility index (Phi) is 2.67. The first-order valence-electron chi connectivity index (χ1n) is 4.19. The molecule has 1 fully saturated rings. The van der Waals surface area contributed by atoms with Crippen molar-refractivity contribution in [1.29, 1.82) is 0 Å². The lowest BCUT2D eigenvalue weighted by Gasteiger charge is -1.99. The average Bonchev–Trinajstić information content (AvgIpc) is 2.53. The Labute approximate surface area is 78.2 Å². The normalized spacial score (nSPS) is 31.3. The fourth-order valence-corrected chi connectivity index (χ4v) is 2.23. The molecule has 0 saturated heterocycles. The van der Waals surface area contributed by atoms with Crippen LogP contribution in [0.1, 0.15) is 20.3 Å². The molecule has 0 amide bonds. The minimum Gasteiger partial charge on any atom is -0.469 e. The van der Waals surface area contributed by atoms with Gasteiger partial charge in [-0.3, -0.25) is 4.79 Å². The Hall–Kier alpha value is -0.240. The Balaban J connectivity index is 2.53. The summed E-state index contributed by atoms with van der Waals surface area (Å²) < 4.78 is 4.70. The molecule has 3 heteroatoms. The van der Waals surface area contributed by atoms with Crippen LogP contribution in [0.3, 0.4) is 0 Å². The lowest BCUT2D eigenvalue weighted by atomic mass is 10.1. The highest BCUT2D eigenvalue weighted by Crippen LogP contribution is 2.60. The van der Waals surface area contributed by atoms with Crippen LogP contribution in [-0.4, -0.2) is 19.0 Å². The van der Waals surface area contributed by atoms with Crippen molar-refractivity contribution in [3.63, 3.8) is 0 Å². The van der Waals surface area contributed by atoms with Crippen LogP contribution in [0, 0.1) is 17.3 Å². The largest absolute Gasteiger partial charge is 0.469 e. The summed E-state index contributed by atoms with van der Waals surface area (Å²) in [7, 11) is 1.44. The van der Waals surface area contributed by atoms with E-state index in [0.29, 0.717) is 11.8 Å². The molecule has 2 unspecified atom stereocenters. The minimum atomic E-state index is -0.0879. The first-order chi connectivity index (χ1) is 5.55. The Bertz CT molecular complexity index is 189. The average molecular weight is 191 g/mol. The van der Waals surface area contributed by atoms with Crippen molar-refractivity contribution in [3.05, 3.63) is 0 Å². The fraction of sp³-hybridized carbons (Fsp3) is 0.889. The van der Waals surface area contributed by atoms with Crippen LogP contribution in [0.25, 0.3) is 0 Å². The van der Waals surface area contributed by atoms with Crippen LogP contribution in [0.15, 0.2) is 0 Å². The first-order valence-corrected chi connectivity index (χ1v) is 4.73. The number of rotatable bonds is 3. The Morgan fingerprint density at radius 1 is 1.58 bits per heavy atom. The summed E-state index contributed by atoms with van der Waals surface area (Å²) in [6, 6.07) is 0. The standard InChI is InChI=1S/C9H15ClO2/c1-9(2)6(4-5-10)7(9)8(11)12-3/h6-7H,4-5H2,1-3H3. The van der Waals surface area contributed by atoms with Gasteiger partial charge in [-0.05, 0) is 17.8 Å². The molecular formula is C9H15ClO2. The number of methoxy groups -OCH3 is 1. The maximum atomic E-state index is 11.2. The Morgan fingerprint density at radius 2 is 2.17 bits per heavy atom. The molecule has 2 nitrogen and oxygen atoms in total. The number of hydrogen-bond donors (Lipinski definition) is 0. The number of esters is 1. The minimum absolute atomic E-state index is 0.0706. The molecule has 0 aromatic heterocycles. The number of hydrogen-bond acceptors (Lipinski definition) is 2. The van der Waals surface area contributed by atoms with E-state index in [4.69, 9.17) is 16.3 Å². The lowest BCUT2D eigenvalue weighted by molar-refractivity contribution is -0.143. The van der Waals surface area contributed by atoms with E-state index in [1.165, 1.54) is 7.11 Å². The van der Waals surface area contributed by atoms with Gasteiger partial charge in [0, 0.05) is 5.88 Å². The van der Waals surface area contributed by atoms with Gasteiger partial charge < -0.3 is 4.74 Å². The highest BCUT2D eigenvalue weighted by molar-refractivity contribution is 6.17. The third-order valence-corrected chi connectivity index (χ3v) is 3.14. The van der Waals surface area contributed by atoms with Crippen LogP contribution in [0.4, 0.5) is 0 Å². The molecule has 0 aromatic rings. The predicted molar refractivity (Wildman–Crippen MR) is 48.1 cm³/mol. The lowest BCUT2D eigenvalue weighted by Crippen LogP contribution is -2.07. The molecule has 0 N–H and O–H groups in total. The van der Waals surface area contributed by atoms with Crippen molar-refractivity contribution in [1.82, 2.24) is 0 Å². The van der Waals surface area contributed by atoms with Crippen molar-refractivity contribution >= 4 is 17.6 Å². The van der Waals surface area contributed by atoms with Gasteiger partial charge in [-0.15, -0.1) is 11.6 Å². The monoisotopic (exact) mass is 190 g/mol. The zero-order valence-electron chi connectivity index (χ0n) is 7.76. The highest BCUT2D eigenvalue weighted by atomic mass is 35.5. The van der Waals surface area contributed by atoms with Gasteiger partial charge in [-0.1, -0.05) is 13.8 Å². The maximum Gasteiger partial charge on any atom is 0.309 e. The van der Waals surface area contributed by atoms with E-state index in [9.17, 15) is 4.79 Å². The van der Waals surface area contributed by atoms with E-state index in [1.54, 1.807) is 0 Å². The Morgan fingerprint density at radius 3 is 2.58 bits per heavy atom. The van der Waals surface area contributed by atoms with Crippen LogP contribution in [-0.2, 0) is 9.53 Å². The molecule has 1 saturated carbocycles. The summed E-state index contributed by atoms with van der Waals surface area (Å²) in [5.41, 5.74) is 0.0992. The number of alkyl halides is 1. The van der Waals surface area contributed by atoms with Crippen molar-refractivity contribution in [2.45, 2.75) is 20.3 Å². The van der Waals surface area contributed by atoms with Gasteiger partial charge in [0.05, 0.1) is 13.0 Å². The maximum absolute atomic E-state index is 11.2. The quantitative estimate of drug-likeness (QED) is 0.503. The highest BCUT2D eigenvalue weighted by Gasteiger charge is 2.61. The second-order valence-electron chi connectivity index (χ2n) is 3.91. The van der Waals surface area contributed by atoms with E-state index < -0.39 is 0 Å². The van der Waals surface area contributed by atoms with Crippen molar-refractivity contribution in [2.24, 2.45) is 17.3 Å². The van der Waals surface area contributed by atoms with E-state index >= 15 is 0 Å². The number of carbonyl (C=O) groups excluding carboxylic acids is 1. The molecule has 0 spiro atoms. The SMILES string of the molecule is COC(=O)C1C(CCCl)C1(C)C. The van der Waals surface area contributed by atoms with Gasteiger partial charge >= 0.3 is 5.97 Å². The van der Waals surface area contributed by atoms with Gasteiger partial charge in [0.1, 0.15) is 0 Å². The summed E-state index contributed by atoms with van der Waals surface area (Å²) >= 11 is 5.62. The van der Waals surface area contributed by atoms with Gasteiger partial charge in [-0.2, -0.15) is 0 Å². The van der Waals surface area contributed by atoms with Crippen LogP contribution >= 0.6 is 11.6 Å². The van der Waals surface area contributed by atoms with Gasteiger partial charge in [0.15, 0.2) is 0 Å². The second-order valence-corrected chi connectivity index (χ2v) is 4.28. The van der Waals surface area contributed by atoms with Crippen molar-refractivity contribution in [3.8, 4) is 0 Å². The molecular weight excluding hydrogens is 176 g/mol. The smallest absolute Gasteiger partial charge is 0.309 e. The molecule has 1 aliphatic carbocycles. The number of halogens is 1. The van der Waals surface area contributed by atoms with Crippen LogP contribution < -0.4 is 0 Å². The molecule has 2 atom stereocenters. The van der Waals surface area contributed by atoms with Gasteiger partial charge in [-0.25, -0.2) is 0 Å². The molecule has 1 aliphatic rings. The van der Waals surface area contributed by atoms with Crippen LogP contribution in [0.5, 0.6) is 0 Å². The second kappa shape index (κ2) is 3.25. The third-order valence-electron chi connectivity index (χ3n) is 2.93. The van der Waals surface area contributed by atoms with Crippen molar-refractivity contribution in [2.75, 3.05) is 13.0 Å². The number of carbonyl (C=O) groups is 1. The van der Waals surface area contributed by atoms with E-state index in [0.717, 1.165) is 6.42 Å². The zero-order chi connectivity index (χ0) is 9.35. The summed E-state index contributed by atoms with van der Waals surface area (Å²) in [6.07, 6.45) is 0.911. The summed E-state index contributed by atoms with van der Waals surface area (Å²) in [4.78, 5) is 11.2. The predicted octanol–water partition coefficient (Wildman–Crippen LogP) is 2.06. The molecule has 12 heavy (non-hydrogen) atoms. The third kappa shape index (κ3) is 1.45. The molecule has 0 aliphatic heterocycles. The molecule has 70 valence electrons. The number of ether oxygens (including phenoxy) is 1. The zero-order valence-corrected chi connectivity index (χ0v) is 8.52. The fourth-order valence-electron chi connectivity index (χ4n) is 2.00. The summed E-state index contributed by atoms with van der Waals surface area (Å²) in [6.45, 7) is 4.18. The first kappa shape index (κ1) is 9.85. The van der Waals surface area contributed by atoms with Gasteiger partial charge in [0.25, 0.3) is 0 Å². The molecule has 0 bridgehead atoms. The van der Waals surface area contributed by atoms with Crippen LogP contribution in [0.2, 0.25) is 0 Å². The topological polar surface area (TPSA) is 26.3 Å². The molecule has 0 aromatic carbocycles. The van der Waals surface area contributed by atoms with Crippen molar-refractivity contribution < 1.29 is 9.53 Å². The molecule has 0 radical (unpaired) electrons.